The maximum Gasteiger partial charge on any atom is 0.245 e. The second-order valence-electron chi connectivity index (χ2n) is 5.86. The van der Waals surface area contributed by atoms with Crippen molar-refractivity contribution in [1.82, 2.24) is 4.31 Å². The number of nitrogens with zero attached hydrogens (tertiary/aromatic N) is 1. The molecule has 0 heterocycles. The minimum absolute atomic E-state index is 0.0678. The minimum atomic E-state index is -4.00. The third-order valence-electron chi connectivity index (χ3n) is 2.63. The number of rotatable bonds is 4. The summed E-state index contributed by atoms with van der Waals surface area (Å²) in [6.07, 6.45) is 0. The summed E-state index contributed by atoms with van der Waals surface area (Å²) < 4.78 is 40.0. The van der Waals surface area contributed by atoms with E-state index in [-0.39, 0.29) is 22.5 Å². The van der Waals surface area contributed by atoms with Crippen LogP contribution < -0.4 is 0 Å². The Morgan fingerprint density at radius 1 is 1.35 bits per heavy atom. The molecule has 0 saturated carbocycles. The van der Waals surface area contributed by atoms with E-state index in [1.807, 2.05) is 20.8 Å². The monoisotopic (exact) mass is 323 g/mol. The van der Waals surface area contributed by atoms with Crippen molar-refractivity contribution >= 4 is 21.6 Å². The number of sulfonamides is 1. The molecule has 4 nitrogen and oxygen atoms in total. The van der Waals surface area contributed by atoms with Crippen LogP contribution in [0.1, 0.15) is 26.3 Å². The molecule has 0 unspecified atom stereocenters. The van der Waals surface area contributed by atoms with Crippen molar-refractivity contribution in [3.05, 3.63) is 28.5 Å². The molecule has 0 radical (unpaired) electrons. The lowest BCUT2D eigenvalue weighted by Gasteiger charge is -2.26. The van der Waals surface area contributed by atoms with E-state index in [4.69, 9.17) is 16.7 Å². The first kappa shape index (κ1) is 17.4. The van der Waals surface area contributed by atoms with Crippen LogP contribution in [0, 0.1) is 11.2 Å². The number of aliphatic hydroxyl groups is 1. The van der Waals surface area contributed by atoms with Crippen LogP contribution in [0.5, 0.6) is 0 Å². The van der Waals surface area contributed by atoms with E-state index in [1.54, 1.807) is 0 Å². The van der Waals surface area contributed by atoms with E-state index in [0.717, 1.165) is 10.4 Å². The summed E-state index contributed by atoms with van der Waals surface area (Å²) >= 11 is 5.78. The van der Waals surface area contributed by atoms with Gasteiger partial charge in [-0.05, 0) is 17.5 Å². The molecule has 1 N–H and O–H groups in total. The van der Waals surface area contributed by atoms with Gasteiger partial charge in [0.2, 0.25) is 10.0 Å². The lowest BCUT2D eigenvalue weighted by molar-refractivity contribution is 0.274. The Hall–Kier alpha value is -0.690. The van der Waals surface area contributed by atoms with Crippen LogP contribution in [-0.2, 0) is 16.6 Å². The van der Waals surface area contributed by atoms with Gasteiger partial charge < -0.3 is 5.11 Å². The predicted octanol–water partition coefficient (Wildman–Crippen LogP) is 2.64. The van der Waals surface area contributed by atoms with Crippen LogP contribution in [0.25, 0.3) is 0 Å². The molecule has 0 fully saturated rings. The van der Waals surface area contributed by atoms with Crippen molar-refractivity contribution in [3.63, 3.8) is 0 Å². The molecule has 0 saturated heterocycles. The average Bonchev–Trinajstić information content (AvgIpc) is 2.29. The summed E-state index contributed by atoms with van der Waals surface area (Å²) in [6, 6.07) is 2.27. The molecular weight excluding hydrogens is 305 g/mol. The van der Waals surface area contributed by atoms with E-state index in [2.05, 4.69) is 0 Å². The van der Waals surface area contributed by atoms with Gasteiger partial charge in [0.15, 0.2) is 0 Å². The molecule has 0 aliphatic carbocycles. The summed E-state index contributed by atoms with van der Waals surface area (Å²) in [7, 11) is -2.61. The SMILES string of the molecule is CN(CC(C)(C)C)S(=O)(=O)c1cc(Cl)cc(CO)c1F. The van der Waals surface area contributed by atoms with E-state index in [9.17, 15) is 12.8 Å². The minimum Gasteiger partial charge on any atom is -0.392 e. The highest BCUT2D eigenvalue weighted by Crippen LogP contribution is 2.27. The molecule has 114 valence electrons. The van der Waals surface area contributed by atoms with Gasteiger partial charge in [0.1, 0.15) is 10.7 Å². The fourth-order valence-corrected chi connectivity index (χ4v) is 3.67. The first-order chi connectivity index (χ1) is 8.99. The van der Waals surface area contributed by atoms with Crippen LogP contribution in [0.15, 0.2) is 17.0 Å². The van der Waals surface area contributed by atoms with Crippen LogP contribution >= 0.6 is 11.6 Å². The van der Waals surface area contributed by atoms with Crippen molar-refractivity contribution in [3.8, 4) is 0 Å². The molecule has 7 heteroatoms. The Morgan fingerprint density at radius 3 is 2.35 bits per heavy atom. The number of halogens is 2. The first-order valence-corrected chi connectivity index (χ1v) is 7.86. The van der Waals surface area contributed by atoms with Crippen molar-refractivity contribution in [2.75, 3.05) is 13.6 Å². The van der Waals surface area contributed by atoms with Crippen molar-refractivity contribution < 1.29 is 17.9 Å². The molecule has 0 atom stereocenters. The third-order valence-corrected chi connectivity index (χ3v) is 4.66. The van der Waals surface area contributed by atoms with Crippen molar-refractivity contribution in [1.29, 1.82) is 0 Å². The molecule has 0 spiro atoms. The molecular formula is C13H19ClFNO3S. The highest BCUT2D eigenvalue weighted by atomic mass is 35.5. The summed E-state index contributed by atoms with van der Waals surface area (Å²) in [4.78, 5) is -0.513. The standard InChI is InChI=1S/C13H19ClFNO3S/c1-13(2,3)8-16(4)20(18,19)11-6-10(14)5-9(7-17)12(11)15/h5-6,17H,7-8H2,1-4H3. The zero-order valence-electron chi connectivity index (χ0n) is 11.9. The molecule has 20 heavy (non-hydrogen) atoms. The van der Waals surface area contributed by atoms with E-state index >= 15 is 0 Å². The van der Waals surface area contributed by atoms with Gasteiger partial charge in [0, 0.05) is 24.2 Å². The highest BCUT2D eigenvalue weighted by Gasteiger charge is 2.29. The number of hydrogen-bond acceptors (Lipinski definition) is 3. The topological polar surface area (TPSA) is 57.6 Å². The van der Waals surface area contributed by atoms with Crippen LogP contribution in [0.4, 0.5) is 4.39 Å². The summed E-state index contributed by atoms with van der Waals surface area (Å²) in [6.45, 7) is 5.26. The number of hydrogen-bond donors (Lipinski definition) is 1. The maximum atomic E-state index is 14.1. The van der Waals surface area contributed by atoms with Gasteiger partial charge in [-0.15, -0.1) is 0 Å². The Labute approximate surface area is 124 Å². The van der Waals surface area contributed by atoms with Gasteiger partial charge in [0.05, 0.1) is 6.61 Å². The van der Waals surface area contributed by atoms with Crippen LogP contribution in [0.3, 0.4) is 0 Å². The van der Waals surface area contributed by atoms with E-state index in [0.29, 0.717) is 0 Å². The van der Waals surface area contributed by atoms with E-state index < -0.39 is 27.3 Å². The maximum absolute atomic E-state index is 14.1. The lowest BCUT2D eigenvalue weighted by Crippen LogP contribution is -2.35. The van der Waals surface area contributed by atoms with Crippen LogP contribution in [-0.4, -0.2) is 31.4 Å². The van der Waals surface area contributed by atoms with Gasteiger partial charge in [-0.25, -0.2) is 17.1 Å². The summed E-state index contributed by atoms with van der Waals surface area (Å²) in [5, 5.41) is 9.12. The fraction of sp³-hybridized carbons (Fsp3) is 0.538. The van der Waals surface area contributed by atoms with Crippen LogP contribution in [0.2, 0.25) is 5.02 Å². The Bertz CT molecular complexity index is 596. The highest BCUT2D eigenvalue weighted by molar-refractivity contribution is 7.89. The molecule has 0 aliphatic heterocycles. The molecule has 1 rings (SSSR count). The molecule has 0 aliphatic rings. The lowest BCUT2D eigenvalue weighted by atomic mass is 9.97. The van der Waals surface area contributed by atoms with Gasteiger partial charge in [-0.3, -0.25) is 0 Å². The van der Waals surface area contributed by atoms with Gasteiger partial charge in [0.25, 0.3) is 0 Å². The zero-order chi connectivity index (χ0) is 15.7. The zero-order valence-corrected chi connectivity index (χ0v) is 13.5. The molecule has 1 aromatic carbocycles. The molecule has 0 aromatic heterocycles. The Morgan fingerprint density at radius 2 is 1.90 bits per heavy atom. The van der Waals surface area contributed by atoms with Gasteiger partial charge in [-0.1, -0.05) is 32.4 Å². The quantitative estimate of drug-likeness (QED) is 0.926. The number of aliphatic hydroxyl groups excluding tert-OH is 1. The molecule has 0 bridgehead atoms. The van der Waals surface area contributed by atoms with Crippen molar-refractivity contribution in [2.45, 2.75) is 32.3 Å². The molecule has 0 amide bonds. The summed E-state index contributed by atoms with van der Waals surface area (Å²) in [5.74, 6) is -0.961. The van der Waals surface area contributed by atoms with E-state index in [1.165, 1.54) is 13.1 Å². The number of benzene rings is 1. The second kappa shape index (κ2) is 5.97. The van der Waals surface area contributed by atoms with Gasteiger partial charge >= 0.3 is 0 Å². The van der Waals surface area contributed by atoms with Gasteiger partial charge in [-0.2, -0.15) is 0 Å². The largest absolute Gasteiger partial charge is 0.392 e. The average molecular weight is 324 g/mol. The summed E-state index contributed by atoms with van der Waals surface area (Å²) in [5.41, 5.74) is -0.406. The normalized spacial score (nSPS) is 13.0. The predicted molar refractivity (Wildman–Crippen MR) is 76.6 cm³/mol. The third kappa shape index (κ3) is 3.91. The second-order valence-corrected chi connectivity index (χ2v) is 8.31. The first-order valence-electron chi connectivity index (χ1n) is 6.04. The Balaban J connectivity index is 3.32. The smallest absolute Gasteiger partial charge is 0.245 e. The van der Waals surface area contributed by atoms with Crippen molar-refractivity contribution in [2.24, 2.45) is 5.41 Å². The fourth-order valence-electron chi connectivity index (χ4n) is 1.84. The molecule has 1 aromatic rings. The Kier molecular flexibility index (Phi) is 5.18.